The van der Waals surface area contributed by atoms with Crippen molar-refractivity contribution in [1.29, 1.82) is 0 Å². The summed E-state index contributed by atoms with van der Waals surface area (Å²) in [4.78, 5) is 2.38. The topological polar surface area (TPSA) is 16.4 Å². The lowest BCUT2D eigenvalue weighted by Crippen LogP contribution is -2.10. The highest BCUT2D eigenvalue weighted by atomic mass is 16.3. The molecule has 1 aromatic heterocycles. The number of benzene rings is 10. The summed E-state index contributed by atoms with van der Waals surface area (Å²) in [5, 5.41) is 7.00. The average Bonchev–Trinajstić information content (AvgIpc) is 3.70. The summed E-state index contributed by atoms with van der Waals surface area (Å²) in [5.41, 5.74) is 14.7. The molecule has 11 aromatic rings. The molecule has 0 aliphatic heterocycles. The average molecular weight is 740 g/mol. The van der Waals surface area contributed by atoms with Gasteiger partial charge in [-0.15, -0.1) is 0 Å². The van der Waals surface area contributed by atoms with Crippen molar-refractivity contribution >= 4 is 60.5 Å². The fourth-order valence-corrected chi connectivity index (χ4v) is 8.67. The SMILES string of the molecule is c1ccc(-c2ccc(-c3ccc(N(c4ccc(-c5cccc6oc7c8ccccc8ccc7c56)cc4)c4cccc5ccccc45)cc3)cc2-c2ccccc2)cc1. The van der Waals surface area contributed by atoms with E-state index in [4.69, 9.17) is 4.42 Å². The highest BCUT2D eigenvalue weighted by Gasteiger charge is 2.18. The van der Waals surface area contributed by atoms with Crippen molar-refractivity contribution in [2.45, 2.75) is 0 Å². The maximum atomic E-state index is 6.53. The van der Waals surface area contributed by atoms with Crippen molar-refractivity contribution in [3.63, 3.8) is 0 Å². The Morgan fingerprint density at radius 1 is 0.310 bits per heavy atom. The Morgan fingerprint density at radius 2 is 0.862 bits per heavy atom. The lowest BCUT2D eigenvalue weighted by Gasteiger charge is -2.27. The number of rotatable bonds is 7. The first-order valence-corrected chi connectivity index (χ1v) is 19.8. The second kappa shape index (κ2) is 14.1. The maximum Gasteiger partial charge on any atom is 0.143 e. The first-order chi connectivity index (χ1) is 28.8. The molecule has 2 nitrogen and oxygen atoms in total. The minimum Gasteiger partial charge on any atom is -0.455 e. The van der Waals surface area contributed by atoms with E-state index in [9.17, 15) is 0 Å². The third-order valence-corrected chi connectivity index (χ3v) is 11.5. The van der Waals surface area contributed by atoms with Crippen molar-refractivity contribution in [1.82, 2.24) is 0 Å². The van der Waals surface area contributed by atoms with Crippen LogP contribution in [0.3, 0.4) is 0 Å². The van der Waals surface area contributed by atoms with Crippen LogP contribution in [0.25, 0.3) is 88.0 Å². The Hall–Kier alpha value is -7.68. The first-order valence-electron chi connectivity index (χ1n) is 19.8. The van der Waals surface area contributed by atoms with Crippen LogP contribution in [-0.2, 0) is 0 Å². The molecule has 0 N–H and O–H groups in total. The molecule has 272 valence electrons. The van der Waals surface area contributed by atoms with E-state index in [1.165, 1.54) is 49.5 Å². The van der Waals surface area contributed by atoms with Gasteiger partial charge in [-0.1, -0.05) is 176 Å². The van der Waals surface area contributed by atoms with E-state index in [2.05, 4.69) is 229 Å². The van der Waals surface area contributed by atoms with Crippen LogP contribution in [-0.4, -0.2) is 0 Å². The number of hydrogen-bond donors (Lipinski definition) is 0. The lowest BCUT2D eigenvalue weighted by atomic mass is 9.91. The molecule has 0 amide bonds. The highest BCUT2D eigenvalue weighted by molar-refractivity contribution is 6.19. The zero-order chi connectivity index (χ0) is 38.4. The van der Waals surface area contributed by atoms with E-state index < -0.39 is 0 Å². The number of hydrogen-bond acceptors (Lipinski definition) is 2. The van der Waals surface area contributed by atoms with Gasteiger partial charge in [0.15, 0.2) is 0 Å². The van der Waals surface area contributed by atoms with Crippen LogP contribution in [0.4, 0.5) is 17.1 Å². The standard InChI is InChI=1S/C56H37NO/c1-3-13-39(14-4-1)47-35-30-44(37-52(47)41-15-5-2-6-16-41)38-25-31-45(32-26-38)57(53-23-11-19-40-17-7-9-20-48(40)53)46-33-27-43(28-34-46)49-22-12-24-54-55(49)51-36-29-42-18-8-10-21-50(42)56(51)58-54/h1-37H. The van der Waals surface area contributed by atoms with Gasteiger partial charge in [0.2, 0.25) is 0 Å². The fraction of sp³-hybridized carbons (Fsp3) is 0. The predicted molar refractivity (Wildman–Crippen MR) is 245 cm³/mol. The van der Waals surface area contributed by atoms with Gasteiger partial charge in [-0.05, 0) is 104 Å². The third-order valence-electron chi connectivity index (χ3n) is 11.5. The maximum absolute atomic E-state index is 6.53. The number of anilines is 3. The van der Waals surface area contributed by atoms with Gasteiger partial charge in [0.05, 0.1) is 5.69 Å². The fourth-order valence-electron chi connectivity index (χ4n) is 8.67. The Balaban J connectivity index is 1.01. The van der Waals surface area contributed by atoms with Gasteiger partial charge in [-0.25, -0.2) is 0 Å². The smallest absolute Gasteiger partial charge is 0.143 e. The summed E-state index contributed by atoms with van der Waals surface area (Å²) in [5.74, 6) is 0. The molecule has 0 saturated heterocycles. The van der Waals surface area contributed by atoms with Crippen molar-refractivity contribution in [2.24, 2.45) is 0 Å². The first kappa shape index (κ1) is 33.6. The molecule has 10 aromatic carbocycles. The van der Waals surface area contributed by atoms with Gasteiger partial charge in [0, 0.05) is 32.9 Å². The van der Waals surface area contributed by atoms with Crippen LogP contribution in [0.1, 0.15) is 0 Å². The number of nitrogens with zero attached hydrogens (tertiary/aromatic N) is 1. The predicted octanol–water partition coefficient (Wildman–Crippen LogP) is 16.0. The van der Waals surface area contributed by atoms with E-state index in [1.807, 2.05) is 0 Å². The third kappa shape index (κ3) is 5.82. The van der Waals surface area contributed by atoms with Crippen molar-refractivity contribution < 1.29 is 4.42 Å². The molecule has 0 aliphatic carbocycles. The minimum atomic E-state index is 0.899. The van der Waals surface area contributed by atoms with Gasteiger partial charge >= 0.3 is 0 Å². The van der Waals surface area contributed by atoms with E-state index in [0.29, 0.717) is 0 Å². The van der Waals surface area contributed by atoms with E-state index in [0.717, 1.165) is 55.5 Å². The highest BCUT2D eigenvalue weighted by Crippen LogP contribution is 2.43. The lowest BCUT2D eigenvalue weighted by molar-refractivity contribution is 0.673. The Morgan fingerprint density at radius 3 is 1.59 bits per heavy atom. The molecule has 0 saturated carbocycles. The van der Waals surface area contributed by atoms with Gasteiger partial charge in [0.1, 0.15) is 11.2 Å². The largest absolute Gasteiger partial charge is 0.455 e. The summed E-state index contributed by atoms with van der Waals surface area (Å²) >= 11 is 0. The zero-order valence-corrected chi connectivity index (χ0v) is 31.7. The summed E-state index contributed by atoms with van der Waals surface area (Å²) in [6.07, 6.45) is 0. The molecule has 0 bridgehead atoms. The van der Waals surface area contributed by atoms with Crippen molar-refractivity contribution in [2.75, 3.05) is 4.90 Å². The van der Waals surface area contributed by atoms with E-state index >= 15 is 0 Å². The van der Waals surface area contributed by atoms with Gasteiger partial charge < -0.3 is 9.32 Å². The van der Waals surface area contributed by atoms with Gasteiger partial charge in [0.25, 0.3) is 0 Å². The van der Waals surface area contributed by atoms with E-state index in [-0.39, 0.29) is 0 Å². The van der Waals surface area contributed by atoms with Gasteiger partial charge in [-0.2, -0.15) is 0 Å². The molecular formula is C56H37NO. The van der Waals surface area contributed by atoms with Crippen LogP contribution in [0.15, 0.2) is 229 Å². The monoisotopic (exact) mass is 739 g/mol. The Bertz CT molecular complexity index is 3250. The second-order valence-corrected chi connectivity index (χ2v) is 14.9. The molecule has 58 heavy (non-hydrogen) atoms. The molecule has 0 spiro atoms. The molecule has 0 aliphatic rings. The minimum absolute atomic E-state index is 0.899. The molecule has 0 radical (unpaired) electrons. The summed E-state index contributed by atoms with van der Waals surface area (Å²) < 4.78 is 6.53. The second-order valence-electron chi connectivity index (χ2n) is 14.9. The zero-order valence-electron chi connectivity index (χ0n) is 31.7. The summed E-state index contributed by atoms with van der Waals surface area (Å²) in [6.45, 7) is 0. The van der Waals surface area contributed by atoms with Crippen LogP contribution in [0.5, 0.6) is 0 Å². The Labute approximate surface area is 337 Å². The molecular weight excluding hydrogens is 703 g/mol. The molecule has 0 fully saturated rings. The molecule has 1 heterocycles. The summed E-state index contributed by atoms with van der Waals surface area (Å²) in [6, 6.07) is 80.6. The number of furan rings is 1. The molecule has 11 rings (SSSR count). The molecule has 0 unspecified atom stereocenters. The van der Waals surface area contributed by atoms with Crippen molar-refractivity contribution in [3.8, 4) is 44.5 Å². The van der Waals surface area contributed by atoms with Crippen LogP contribution >= 0.6 is 0 Å². The Kier molecular flexibility index (Phi) is 8.19. The van der Waals surface area contributed by atoms with Crippen LogP contribution < -0.4 is 4.90 Å². The molecule has 0 atom stereocenters. The quantitative estimate of drug-likeness (QED) is 0.162. The normalized spacial score (nSPS) is 11.4. The number of fused-ring (bicyclic) bond motifs is 6. The van der Waals surface area contributed by atoms with Crippen LogP contribution in [0.2, 0.25) is 0 Å². The van der Waals surface area contributed by atoms with Crippen molar-refractivity contribution in [3.05, 3.63) is 224 Å². The van der Waals surface area contributed by atoms with Crippen LogP contribution in [0, 0.1) is 0 Å². The molecule has 2 heteroatoms. The summed E-state index contributed by atoms with van der Waals surface area (Å²) in [7, 11) is 0. The van der Waals surface area contributed by atoms with Gasteiger partial charge in [-0.3, -0.25) is 0 Å². The van der Waals surface area contributed by atoms with E-state index in [1.54, 1.807) is 0 Å².